The number of hydrogen-bond donors (Lipinski definition) is 2. The van der Waals surface area contributed by atoms with E-state index in [0.29, 0.717) is 6.54 Å². The van der Waals surface area contributed by atoms with E-state index in [1.165, 1.54) is 0 Å². The Morgan fingerprint density at radius 1 is 1.42 bits per heavy atom. The van der Waals surface area contributed by atoms with Gasteiger partial charge in [0.15, 0.2) is 0 Å². The Morgan fingerprint density at radius 2 is 2.21 bits per heavy atom. The third kappa shape index (κ3) is 4.61. The van der Waals surface area contributed by atoms with Gasteiger partial charge in [0.2, 0.25) is 5.91 Å². The lowest BCUT2D eigenvalue weighted by Gasteiger charge is -2.21. The molecule has 1 atom stereocenters. The van der Waals surface area contributed by atoms with E-state index in [-0.39, 0.29) is 11.9 Å². The Balaban J connectivity index is 1.80. The van der Waals surface area contributed by atoms with Crippen LogP contribution in [-0.2, 0) is 4.79 Å². The minimum atomic E-state index is 0.0283. The Labute approximate surface area is 114 Å². The van der Waals surface area contributed by atoms with Gasteiger partial charge in [-0.1, -0.05) is 0 Å². The number of nitrogens with zero attached hydrogens (tertiary/aromatic N) is 2. The molecule has 1 aromatic rings. The van der Waals surface area contributed by atoms with E-state index in [9.17, 15) is 4.79 Å². The van der Waals surface area contributed by atoms with E-state index in [2.05, 4.69) is 20.5 Å². The molecular formula is C14H22N4O. The molecule has 0 radical (unpaired) electrons. The van der Waals surface area contributed by atoms with Crippen molar-refractivity contribution in [1.82, 2.24) is 20.5 Å². The molecule has 2 N–H and O–H groups in total. The van der Waals surface area contributed by atoms with Crippen LogP contribution < -0.4 is 10.6 Å². The molecule has 2 rings (SSSR count). The van der Waals surface area contributed by atoms with Gasteiger partial charge in [0, 0.05) is 25.5 Å². The first-order valence-corrected chi connectivity index (χ1v) is 6.88. The summed E-state index contributed by atoms with van der Waals surface area (Å²) in [5.74, 6) is 0.0891. The quantitative estimate of drug-likeness (QED) is 0.832. The van der Waals surface area contributed by atoms with Crippen molar-refractivity contribution >= 4 is 5.91 Å². The van der Waals surface area contributed by atoms with Crippen molar-refractivity contribution in [3.8, 4) is 0 Å². The van der Waals surface area contributed by atoms with E-state index < -0.39 is 0 Å². The first kappa shape index (κ1) is 14.0. The van der Waals surface area contributed by atoms with Gasteiger partial charge in [-0.05, 0) is 44.1 Å². The normalized spacial score (nSPS) is 18.6. The second-order valence-corrected chi connectivity index (χ2v) is 4.95. The van der Waals surface area contributed by atoms with Crippen molar-refractivity contribution in [3.63, 3.8) is 0 Å². The van der Waals surface area contributed by atoms with Crippen LogP contribution in [0.4, 0.5) is 0 Å². The number of aromatic nitrogens is 1. The topological polar surface area (TPSA) is 57.3 Å². The van der Waals surface area contributed by atoms with Crippen molar-refractivity contribution in [3.05, 3.63) is 30.1 Å². The predicted octanol–water partition coefficient (Wildman–Crippen LogP) is 0.554. The number of carbonyl (C=O) groups is 1. The van der Waals surface area contributed by atoms with Crippen LogP contribution in [0.5, 0.6) is 0 Å². The van der Waals surface area contributed by atoms with E-state index >= 15 is 0 Å². The molecule has 0 aliphatic carbocycles. The van der Waals surface area contributed by atoms with Crippen LogP contribution in [0.15, 0.2) is 24.5 Å². The molecule has 1 aromatic heterocycles. The summed E-state index contributed by atoms with van der Waals surface area (Å²) in [6, 6.07) is 3.89. The van der Waals surface area contributed by atoms with Crippen LogP contribution in [0.2, 0.25) is 0 Å². The third-order valence-corrected chi connectivity index (χ3v) is 3.38. The van der Waals surface area contributed by atoms with Gasteiger partial charge in [-0.25, -0.2) is 0 Å². The maximum absolute atomic E-state index is 12.0. The maximum Gasteiger partial charge on any atom is 0.234 e. The molecule has 0 bridgehead atoms. The standard InChI is InChI=1S/C14H22N4O/c1-12(13-3-6-16-7-4-13)17-14(19)11-18-9-2-5-15-8-10-18/h3-4,6-7,12,15H,2,5,8-11H2,1H3,(H,17,19). The lowest BCUT2D eigenvalue weighted by Crippen LogP contribution is -2.39. The molecule has 5 nitrogen and oxygen atoms in total. The summed E-state index contributed by atoms with van der Waals surface area (Å²) >= 11 is 0. The SMILES string of the molecule is CC(NC(=O)CN1CCCNCC1)c1ccncc1. The van der Waals surface area contributed by atoms with Crippen LogP contribution in [0, 0.1) is 0 Å². The van der Waals surface area contributed by atoms with Crippen molar-refractivity contribution in [2.45, 2.75) is 19.4 Å². The molecule has 104 valence electrons. The highest BCUT2D eigenvalue weighted by atomic mass is 16.2. The number of amides is 1. The molecule has 19 heavy (non-hydrogen) atoms. The van der Waals surface area contributed by atoms with Crippen molar-refractivity contribution < 1.29 is 4.79 Å². The fourth-order valence-electron chi connectivity index (χ4n) is 2.29. The smallest absolute Gasteiger partial charge is 0.234 e. The summed E-state index contributed by atoms with van der Waals surface area (Å²) in [6.07, 6.45) is 4.60. The number of carbonyl (C=O) groups excluding carboxylic acids is 1. The highest BCUT2D eigenvalue weighted by Crippen LogP contribution is 2.09. The average Bonchev–Trinajstić information content (AvgIpc) is 2.68. The Kier molecular flexibility index (Phi) is 5.30. The Hall–Kier alpha value is -1.46. The zero-order valence-electron chi connectivity index (χ0n) is 11.4. The molecule has 1 amide bonds. The van der Waals surface area contributed by atoms with Gasteiger partial charge in [-0.15, -0.1) is 0 Å². The van der Waals surface area contributed by atoms with Crippen molar-refractivity contribution in [1.29, 1.82) is 0 Å². The van der Waals surface area contributed by atoms with Crippen LogP contribution in [-0.4, -0.2) is 48.5 Å². The minimum absolute atomic E-state index is 0.0283. The predicted molar refractivity (Wildman–Crippen MR) is 74.7 cm³/mol. The van der Waals surface area contributed by atoms with Crippen LogP contribution >= 0.6 is 0 Å². The molecule has 0 saturated carbocycles. The van der Waals surface area contributed by atoms with E-state index in [0.717, 1.165) is 38.2 Å². The molecule has 1 aliphatic heterocycles. The molecule has 2 heterocycles. The van der Waals surface area contributed by atoms with E-state index in [4.69, 9.17) is 0 Å². The molecule has 1 unspecified atom stereocenters. The summed E-state index contributed by atoms with van der Waals surface area (Å²) in [4.78, 5) is 18.2. The van der Waals surface area contributed by atoms with Crippen LogP contribution in [0.25, 0.3) is 0 Å². The average molecular weight is 262 g/mol. The fraction of sp³-hybridized carbons (Fsp3) is 0.571. The van der Waals surface area contributed by atoms with Gasteiger partial charge in [0.1, 0.15) is 0 Å². The van der Waals surface area contributed by atoms with Gasteiger partial charge in [0.25, 0.3) is 0 Å². The van der Waals surface area contributed by atoms with Gasteiger partial charge in [-0.2, -0.15) is 0 Å². The van der Waals surface area contributed by atoms with E-state index in [1.54, 1.807) is 12.4 Å². The molecule has 5 heteroatoms. The molecule has 1 fully saturated rings. The highest BCUT2D eigenvalue weighted by Gasteiger charge is 2.14. The van der Waals surface area contributed by atoms with Crippen molar-refractivity contribution in [2.24, 2.45) is 0 Å². The van der Waals surface area contributed by atoms with Crippen LogP contribution in [0.1, 0.15) is 24.9 Å². The Bertz CT molecular complexity index is 388. The zero-order valence-corrected chi connectivity index (χ0v) is 11.4. The number of nitrogens with one attached hydrogen (secondary N) is 2. The maximum atomic E-state index is 12.0. The first-order chi connectivity index (χ1) is 9.25. The van der Waals surface area contributed by atoms with Crippen LogP contribution in [0.3, 0.4) is 0 Å². The summed E-state index contributed by atoms with van der Waals surface area (Å²) in [5, 5.41) is 6.37. The van der Waals surface area contributed by atoms with Gasteiger partial charge in [-0.3, -0.25) is 14.7 Å². The lowest BCUT2D eigenvalue weighted by molar-refractivity contribution is -0.122. The number of rotatable bonds is 4. The summed E-state index contributed by atoms with van der Waals surface area (Å²) < 4.78 is 0. The first-order valence-electron chi connectivity index (χ1n) is 6.88. The largest absolute Gasteiger partial charge is 0.348 e. The summed E-state index contributed by atoms with van der Waals surface area (Å²) in [6.45, 7) is 6.42. The minimum Gasteiger partial charge on any atom is -0.348 e. The lowest BCUT2D eigenvalue weighted by atomic mass is 10.1. The third-order valence-electron chi connectivity index (χ3n) is 3.38. The molecule has 1 saturated heterocycles. The summed E-state index contributed by atoms with van der Waals surface area (Å²) in [7, 11) is 0. The van der Waals surface area contributed by atoms with Crippen molar-refractivity contribution in [2.75, 3.05) is 32.7 Å². The Morgan fingerprint density at radius 3 is 3.00 bits per heavy atom. The zero-order chi connectivity index (χ0) is 13.5. The van der Waals surface area contributed by atoms with Gasteiger partial charge in [0.05, 0.1) is 12.6 Å². The van der Waals surface area contributed by atoms with Gasteiger partial charge >= 0.3 is 0 Å². The second kappa shape index (κ2) is 7.21. The monoisotopic (exact) mass is 262 g/mol. The molecule has 1 aliphatic rings. The molecule has 0 spiro atoms. The molecular weight excluding hydrogens is 240 g/mol. The second-order valence-electron chi connectivity index (χ2n) is 4.95. The summed E-state index contributed by atoms with van der Waals surface area (Å²) in [5.41, 5.74) is 1.08. The number of pyridine rings is 1. The molecule has 0 aromatic carbocycles. The van der Waals surface area contributed by atoms with E-state index in [1.807, 2.05) is 19.1 Å². The highest BCUT2D eigenvalue weighted by molar-refractivity contribution is 5.78. The number of hydrogen-bond acceptors (Lipinski definition) is 4. The fourth-order valence-corrected chi connectivity index (χ4v) is 2.29. The van der Waals surface area contributed by atoms with Gasteiger partial charge < -0.3 is 10.6 Å².